The summed E-state index contributed by atoms with van der Waals surface area (Å²) in [4.78, 5) is 11.6. The number of nitrogens with two attached hydrogens (primary N) is 1. The summed E-state index contributed by atoms with van der Waals surface area (Å²) < 4.78 is 9.65. The molecule has 0 radical (unpaired) electrons. The second kappa shape index (κ2) is 3.85. The van der Waals surface area contributed by atoms with Gasteiger partial charge >= 0.3 is 0 Å². The molecular weight excluding hydrogens is 200 g/mol. The largest absolute Gasteiger partial charge is 0.379 e. The lowest BCUT2D eigenvalue weighted by molar-refractivity contribution is 0.0858. The van der Waals surface area contributed by atoms with Crippen LogP contribution in [0.2, 0.25) is 0 Å². The van der Waals surface area contributed by atoms with Crippen LogP contribution in [0.15, 0.2) is 4.63 Å². The first-order chi connectivity index (χ1) is 7.18. The molecule has 3 N–H and O–H groups in total. The van der Waals surface area contributed by atoms with Gasteiger partial charge in [-0.05, 0) is 23.7 Å². The maximum absolute atomic E-state index is 11.6. The van der Waals surface area contributed by atoms with E-state index >= 15 is 0 Å². The fourth-order valence-corrected chi connectivity index (χ4v) is 1.51. The third-order valence-electron chi connectivity index (χ3n) is 2.42. The van der Waals surface area contributed by atoms with Crippen LogP contribution in [0.1, 0.15) is 23.8 Å². The van der Waals surface area contributed by atoms with Crippen LogP contribution >= 0.6 is 0 Å². The van der Waals surface area contributed by atoms with Gasteiger partial charge in [-0.25, -0.2) is 4.63 Å². The number of aromatic nitrogens is 2. The number of ether oxygens (including phenoxy) is 1. The lowest BCUT2D eigenvalue weighted by Crippen LogP contribution is -2.39. The number of carbonyl (C=O) groups is 1. The molecule has 1 saturated heterocycles. The first kappa shape index (κ1) is 9.91. The number of hydrogen-bond donors (Lipinski definition) is 2. The molecule has 1 aromatic rings. The fraction of sp³-hybridized carbons (Fsp3) is 0.625. The van der Waals surface area contributed by atoms with Gasteiger partial charge in [0.25, 0.3) is 5.91 Å². The molecule has 1 amide bonds. The lowest BCUT2D eigenvalue weighted by atomic mass is 10.1. The molecule has 15 heavy (non-hydrogen) atoms. The van der Waals surface area contributed by atoms with Gasteiger partial charge in [0.1, 0.15) is 0 Å². The predicted octanol–water partition coefficient (Wildman–Crippen LogP) is -0.441. The number of nitrogens with zero attached hydrogens (tertiary/aromatic N) is 2. The normalized spacial score (nSPS) is 25.4. The number of hydrogen-bond acceptors (Lipinski definition) is 6. The molecule has 7 heteroatoms. The Morgan fingerprint density at radius 3 is 2.93 bits per heavy atom. The van der Waals surface area contributed by atoms with Crippen molar-refractivity contribution in [3.63, 3.8) is 0 Å². The lowest BCUT2D eigenvalue weighted by Gasteiger charge is -2.14. The first-order valence-electron chi connectivity index (χ1n) is 4.69. The first-order valence-corrected chi connectivity index (χ1v) is 4.69. The smallest absolute Gasteiger partial charge is 0.277 e. The molecule has 0 bridgehead atoms. The van der Waals surface area contributed by atoms with Crippen molar-refractivity contribution < 1.29 is 14.2 Å². The minimum absolute atomic E-state index is 0.000863. The standard InChI is InChI=1S/C8H12N4O3/c1-4-5(2-3-14-4)10-8(13)6-7(9)12-15-11-6/h4-5H,2-3H2,1H3,(H2,9,12)(H,10,13). The highest BCUT2D eigenvalue weighted by Gasteiger charge is 2.27. The Labute approximate surface area is 85.9 Å². The fourth-order valence-electron chi connectivity index (χ4n) is 1.51. The van der Waals surface area contributed by atoms with Gasteiger partial charge in [0.05, 0.1) is 12.1 Å². The van der Waals surface area contributed by atoms with E-state index in [0.29, 0.717) is 6.61 Å². The van der Waals surface area contributed by atoms with Gasteiger partial charge in [0.2, 0.25) is 11.5 Å². The van der Waals surface area contributed by atoms with Gasteiger partial charge in [-0.1, -0.05) is 0 Å². The average molecular weight is 212 g/mol. The molecule has 0 aliphatic carbocycles. The van der Waals surface area contributed by atoms with Crippen molar-refractivity contribution in [2.75, 3.05) is 12.3 Å². The summed E-state index contributed by atoms with van der Waals surface area (Å²) in [6.07, 6.45) is 0.799. The summed E-state index contributed by atoms with van der Waals surface area (Å²) in [5.74, 6) is -0.379. The molecule has 0 saturated carbocycles. The second-order valence-corrected chi connectivity index (χ2v) is 3.44. The number of rotatable bonds is 2. The summed E-state index contributed by atoms with van der Waals surface area (Å²) in [6.45, 7) is 2.56. The quantitative estimate of drug-likeness (QED) is 0.688. The Morgan fingerprint density at radius 1 is 1.60 bits per heavy atom. The van der Waals surface area contributed by atoms with Crippen molar-refractivity contribution in [1.82, 2.24) is 15.6 Å². The Kier molecular flexibility index (Phi) is 2.55. The van der Waals surface area contributed by atoms with E-state index in [4.69, 9.17) is 10.5 Å². The molecule has 1 aromatic heterocycles. The molecule has 2 heterocycles. The Bertz CT molecular complexity index is 365. The molecule has 0 spiro atoms. The highest BCUT2D eigenvalue weighted by atomic mass is 16.6. The van der Waals surface area contributed by atoms with Crippen LogP contribution in [0.4, 0.5) is 5.82 Å². The molecule has 2 atom stereocenters. The third kappa shape index (κ3) is 1.91. The van der Waals surface area contributed by atoms with Crippen molar-refractivity contribution in [3.05, 3.63) is 5.69 Å². The molecular formula is C8H12N4O3. The summed E-state index contributed by atoms with van der Waals surface area (Å²) in [5, 5.41) is 9.52. The molecule has 0 aromatic carbocycles. The maximum Gasteiger partial charge on any atom is 0.277 e. The van der Waals surface area contributed by atoms with Crippen LogP contribution < -0.4 is 11.1 Å². The van der Waals surface area contributed by atoms with E-state index in [2.05, 4.69) is 20.3 Å². The van der Waals surface area contributed by atoms with Gasteiger partial charge in [-0.2, -0.15) is 0 Å². The number of carbonyl (C=O) groups excluding carboxylic acids is 1. The van der Waals surface area contributed by atoms with Gasteiger partial charge < -0.3 is 15.8 Å². The minimum Gasteiger partial charge on any atom is -0.379 e. The van der Waals surface area contributed by atoms with E-state index in [0.717, 1.165) is 6.42 Å². The van der Waals surface area contributed by atoms with Crippen LogP contribution in [0.5, 0.6) is 0 Å². The third-order valence-corrected chi connectivity index (χ3v) is 2.42. The topological polar surface area (TPSA) is 103 Å². The number of anilines is 1. The highest BCUT2D eigenvalue weighted by molar-refractivity contribution is 5.96. The van der Waals surface area contributed by atoms with Crippen LogP contribution in [-0.2, 0) is 4.74 Å². The van der Waals surface area contributed by atoms with Crippen molar-refractivity contribution in [2.24, 2.45) is 0 Å². The predicted molar refractivity (Wildman–Crippen MR) is 50.0 cm³/mol. The molecule has 2 rings (SSSR count). The summed E-state index contributed by atoms with van der Waals surface area (Å²) >= 11 is 0. The van der Waals surface area contributed by atoms with Crippen molar-refractivity contribution in [2.45, 2.75) is 25.5 Å². The second-order valence-electron chi connectivity index (χ2n) is 3.44. The molecule has 1 aliphatic heterocycles. The molecule has 82 valence electrons. The van der Waals surface area contributed by atoms with Gasteiger partial charge in [0, 0.05) is 6.61 Å². The number of amides is 1. The van der Waals surface area contributed by atoms with E-state index in [9.17, 15) is 4.79 Å². The zero-order chi connectivity index (χ0) is 10.8. The number of nitrogens with one attached hydrogen (secondary N) is 1. The van der Waals surface area contributed by atoms with Crippen LogP contribution in [0, 0.1) is 0 Å². The van der Waals surface area contributed by atoms with Crippen molar-refractivity contribution in [3.8, 4) is 0 Å². The average Bonchev–Trinajstić information content (AvgIpc) is 2.76. The Morgan fingerprint density at radius 2 is 2.40 bits per heavy atom. The van der Waals surface area contributed by atoms with Crippen LogP contribution in [-0.4, -0.2) is 35.0 Å². The van der Waals surface area contributed by atoms with Crippen molar-refractivity contribution >= 4 is 11.7 Å². The van der Waals surface area contributed by atoms with E-state index in [1.165, 1.54) is 0 Å². The minimum atomic E-state index is -0.379. The van der Waals surface area contributed by atoms with Crippen molar-refractivity contribution in [1.29, 1.82) is 0 Å². The van der Waals surface area contributed by atoms with E-state index in [1.54, 1.807) is 0 Å². The highest BCUT2D eigenvalue weighted by Crippen LogP contribution is 2.13. The number of nitrogen functional groups attached to an aromatic ring is 1. The zero-order valence-electron chi connectivity index (χ0n) is 8.27. The molecule has 1 aliphatic rings. The zero-order valence-corrected chi connectivity index (χ0v) is 8.27. The summed E-state index contributed by atoms with van der Waals surface area (Å²) in [5.41, 5.74) is 5.41. The Hall–Kier alpha value is -1.63. The summed E-state index contributed by atoms with van der Waals surface area (Å²) in [7, 11) is 0. The van der Waals surface area contributed by atoms with Gasteiger partial charge in [-0.3, -0.25) is 4.79 Å². The van der Waals surface area contributed by atoms with Crippen LogP contribution in [0.25, 0.3) is 0 Å². The van der Waals surface area contributed by atoms with Gasteiger partial charge in [-0.15, -0.1) is 0 Å². The van der Waals surface area contributed by atoms with E-state index in [1.807, 2.05) is 6.92 Å². The van der Waals surface area contributed by atoms with E-state index in [-0.39, 0.29) is 29.6 Å². The Balaban J connectivity index is 2.01. The molecule has 1 fully saturated rings. The van der Waals surface area contributed by atoms with Gasteiger partial charge in [0.15, 0.2) is 0 Å². The molecule has 7 nitrogen and oxygen atoms in total. The molecule has 2 unspecified atom stereocenters. The SMILES string of the molecule is CC1OCCC1NC(=O)c1nonc1N. The monoisotopic (exact) mass is 212 g/mol. The maximum atomic E-state index is 11.6. The summed E-state index contributed by atoms with van der Waals surface area (Å²) in [6, 6.07) is -0.00593. The van der Waals surface area contributed by atoms with E-state index < -0.39 is 0 Å². The van der Waals surface area contributed by atoms with Crippen LogP contribution in [0.3, 0.4) is 0 Å².